The fourth-order valence-electron chi connectivity index (χ4n) is 1.98. The second-order valence-corrected chi connectivity index (χ2v) is 4.79. The number of halogens is 4. The molecule has 0 saturated heterocycles. The minimum Gasteiger partial charge on any atom is -0.348 e. The molecule has 1 N–H and O–H groups in total. The number of benzene rings is 2. The number of hydrogen-bond donors (Lipinski definition) is 1. The molecule has 0 radical (unpaired) electrons. The second-order valence-electron chi connectivity index (χ2n) is 4.79. The summed E-state index contributed by atoms with van der Waals surface area (Å²) in [5.74, 6) is -1.74. The quantitative estimate of drug-likeness (QED) is 0.523. The monoisotopic (exact) mass is 342 g/mol. The highest BCUT2D eigenvalue weighted by molar-refractivity contribution is 5.94. The Morgan fingerprint density at radius 1 is 1.12 bits per heavy atom. The molecule has 0 heterocycles. The van der Waals surface area contributed by atoms with Crippen LogP contribution in [0.1, 0.15) is 21.5 Å². The van der Waals surface area contributed by atoms with E-state index in [1.165, 1.54) is 12.1 Å². The molecule has 2 aromatic carbocycles. The van der Waals surface area contributed by atoms with E-state index < -0.39 is 34.9 Å². The molecule has 9 heteroatoms. The van der Waals surface area contributed by atoms with Gasteiger partial charge in [0, 0.05) is 24.2 Å². The van der Waals surface area contributed by atoms with Gasteiger partial charge in [-0.2, -0.15) is 13.2 Å². The summed E-state index contributed by atoms with van der Waals surface area (Å²) in [4.78, 5) is 21.8. The molecule has 2 rings (SSSR count). The number of nitrogens with zero attached hydrogens (tertiary/aromatic N) is 1. The van der Waals surface area contributed by atoms with Gasteiger partial charge in [0.15, 0.2) is 0 Å². The molecule has 5 nitrogen and oxygen atoms in total. The van der Waals surface area contributed by atoms with Crippen molar-refractivity contribution >= 4 is 11.6 Å². The van der Waals surface area contributed by atoms with Gasteiger partial charge in [-0.25, -0.2) is 4.39 Å². The number of non-ortho nitro benzene ring substituents is 1. The Hall–Kier alpha value is -2.97. The van der Waals surface area contributed by atoms with Crippen molar-refractivity contribution in [2.24, 2.45) is 0 Å². The topological polar surface area (TPSA) is 72.2 Å². The summed E-state index contributed by atoms with van der Waals surface area (Å²) in [7, 11) is 0. The van der Waals surface area contributed by atoms with Crippen molar-refractivity contribution in [3.05, 3.63) is 75.1 Å². The van der Waals surface area contributed by atoms with Crippen LogP contribution in [0, 0.1) is 15.9 Å². The molecule has 0 aliphatic heterocycles. The number of nitrogens with one attached hydrogen (secondary N) is 1. The Bertz CT molecular complexity index is 773. The minimum absolute atomic E-state index is 0.0521. The predicted molar refractivity (Wildman–Crippen MR) is 75.7 cm³/mol. The van der Waals surface area contributed by atoms with E-state index in [4.69, 9.17) is 0 Å². The number of rotatable bonds is 4. The molecule has 0 aliphatic carbocycles. The third kappa shape index (κ3) is 4.06. The van der Waals surface area contributed by atoms with E-state index in [-0.39, 0.29) is 16.8 Å². The van der Waals surface area contributed by atoms with E-state index >= 15 is 0 Å². The summed E-state index contributed by atoms with van der Waals surface area (Å²) in [5.41, 5.74) is -1.63. The Morgan fingerprint density at radius 2 is 1.75 bits per heavy atom. The molecule has 0 saturated carbocycles. The Kier molecular flexibility index (Phi) is 4.82. The van der Waals surface area contributed by atoms with Crippen LogP contribution >= 0.6 is 0 Å². The van der Waals surface area contributed by atoms with Crippen LogP contribution in [-0.4, -0.2) is 10.8 Å². The maximum atomic E-state index is 13.0. The summed E-state index contributed by atoms with van der Waals surface area (Å²) in [6, 6.07) is 6.73. The van der Waals surface area contributed by atoms with E-state index in [2.05, 4.69) is 5.32 Å². The Labute approximate surface area is 133 Å². The summed E-state index contributed by atoms with van der Waals surface area (Å²) >= 11 is 0. The molecule has 0 bridgehead atoms. The van der Waals surface area contributed by atoms with Gasteiger partial charge in [0.2, 0.25) is 0 Å². The highest BCUT2D eigenvalue weighted by Crippen LogP contribution is 2.32. The molecular weight excluding hydrogens is 332 g/mol. The van der Waals surface area contributed by atoms with Crippen molar-refractivity contribution in [3.8, 4) is 0 Å². The number of carbonyl (C=O) groups is 1. The lowest BCUT2D eigenvalue weighted by molar-refractivity contribution is -0.384. The molecular formula is C15H10F4N2O3. The van der Waals surface area contributed by atoms with Crippen LogP contribution in [-0.2, 0) is 12.7 Å². The molecule has 24 heavy (non-hydrogen) atoms. The molecule has 126 valence electrons. The van der Waals surface area contributed by atoms with Crippen LogP contribution in [0.4, 0.5) is 23.2 Å². The van der Waals surface area contributed by atoms with E-state index in [1.54, 1.807) is 0 Å². The van der Waals surface area contributed by atoms with Gasteiger partial charge in [-0.05, 0) is 29.8 Å². The van der Waals surface area contributed by atoms with Crippen LogP contribution in [0.25, 0.3) is 0 Å². The summed E-state index contributed by atoms with van der Waals surface area (Å²) in [6.07, 6.45) is -4.75. The number of hydrogen-bond acceptors (Lipinski definition) is 3. The number of carbonyl (C=O) groups excluding carboxylic acids is 1. The number of amides is 1. The average molecular weight is 342 g/mol. The van der Waals surface area contributed by atoms with Crippen molar-refractivity contribution in [1.82, 2.24) is 5.32 Å². The van der Waals surface area contributed by atoms with Crippen molar-refractivity contribution in [2.75, 3.05) is 0 Å². The van der Waals surface area contributed by atoms with Crippen LogP contribution in [0.3, 0.4) is 0 Å². The predicted octanol–water partition coefficient (Wildman–Crippen LogP) is 3.68. The number of alkyl halides is 3. The molecule has 2 aromatic rings. The van der Waals surface area contributed by atoms with Crippen LogP contribution < -0.4 is 5.32 Å². The van der Waals surface area contributed by atoms with Crippen molar-refractivity contribution < 1.29 is 27.3 Å². The standard InChI is InChI=1S/C15H10F4N2O3/c16-11-4-1-10(13(7-11)15(17,18)19)8-20-14(22)9-2-5-12(6-3-9)21(23)24/h1-7H,8H2,(H,20,22). The maximum absolute atomic E-state index is 13.0. The molecule has 0 aliphatic rings. The Balaban J connectivity index is 2.13. The van der Waals surface area contributed by atoms with Gasteiger partial charge in [-0.15, -0.1) is 0 Å². The van der Waals surface area contributed by atoms with Gasteiger partial charge in [-0.1, -0.05) is 6.07 Å². The molecule has 0 atom stereocenters. The summed E-state index contributed by atoms with van der Waals surface area (Å²) in [6.45, 7) is -0.467. The summed E-state index contributed by atoms with van der Waals surface area (Å²) < 4.78 is 51.6. The molecule has 0 aromatic heterocycles. The maximum Gasteiger partial charge on any atom is 0.416 e. The zero-order valence-electron chi connectivity index (χ0n) is 11.9. The first-order valence-corrected chi connectivity index (χ1v) is 6.57. The third-order valence-corrected chi connectivity index (χ3v) is 3.16. The van der Waals surface area contributed by atoms with E-state index in [9.17, 15) is 32.5 Å². The lowest BCUT2D eigenvalue weighted by Gasteiger charge is -2.13. The number of nitro groups is 1. The lowest BCUT2D eigenvalue weighted by atomic mass is 10.1. The second kappa shape index (κ2) is 6.65. The first-order valence-electron chi connectivity index (χ1n) is 6.57. The molecule has 0 fully saturated rings. The van der Waals surface area contributed by atoms with Crippen molar-refractivity contribution in [1.29, 1.82) is 0 Å². The van der Waals surface area contributed by atoms with E-state index in [1.807, 2.05) is 0 Å². The largest absolute Gasteiger partial charge is 0.416 e. The average Bonchev–Trinajstić information content (AvgIpc) is 2.52. The smallest absolute Gasteiger partial charge is 0.348 e. The zero-order valence-corrected chi connectivity index (χ0v) is 11.9. The first kappa shape index (κ1) is 17.4. The number of nitro benzene ring substituents is 1. The fourth-order valence-corrected chi connectivity index (χ4v) is 1.98. The van der Waals surface area contributed by atoms with Crippen LogP contribution in [0.15, 0.2) is 42.5 Å². The lowest BCUT2D eigenvalue weighted by Crippen LogP contribution is -2.24. The van der Waals surface area contributed by atoms with Gasteiger partial charge in [0.25, 0.3) is 11.6 Å². The normalized spacial score (nSPS) is 11.2. The molecule has 1 amide bonds. The fraction of sp³-hybridized carbons (Fsp3) is 0.133. The van der Waals surface area contributed by atoms with Gasteiger partial charge in [0.1, 0.15) is 5.82 Å². The van der Waals surface area contributed by atoms with Crippen molar-refractivity contribution in [3.63, 3.8) is 0 Å². The highest BCUT2D eigenvalue weighted by atomic mass is 19.4. The first-order chi connectivity index (χ1) is 11.2. The highest BCUT2D eigenvalue weighted by Gasteiger charge is 2.33. The molecule has 0 unspecified atom stereocenters. The van der Waals surface area contributed by atoms with Crippen LogP contribution in [0.5, 0.6) is 0 Å². The third-order valence-electron chi connectivity index (χ3n) is 3.16. The van der Waals surface area contributed by atoms with Gasteiger partial charge < -0.3 is 5.32 Å². The van der Waals surface area contributed by atoms with Crippen LogP contribution in [0.2, 0.25) is 0 Å². The van der Waals surface area contributed by atoms with Gasteiger partial charge >= 0.3 is 6.18 Å². The molecule has 0 spiro atoms. The van der Waals surface area contributed by atoms with E-state index in [0.29, 0.717) is 6.07 Å². The summed E-state index contributed by atoms with van der Waals surface area (Å²) in [5, 5.41) is 12.8. The van der Waals surface area contributed by atoms with Gasteiger partial charge in [0.05, 0.1) is 10.5 Å². The van der Waals surface area contributed by atoms with E-state index in [0.717, 1.165) is 24.3 Å². The van der Waals surface area contributed by atoms with Gasteiger partial charge in [-0.3, -0.25) is 14.9 Å². The minimum atomic E-state index is -4.75. The van der Waals surface area contributed by atoms with Crippen molar-refractivity contribution in [2.45, 2.75) is 12.7 Å². The Morgan fingerprint density at radius 3 is 2.29 bits per heavy atom. The SMILES string of the molecule is O=C(NCc1ccc(F)cc1C(F)(F)F)c1ccc([N+](=O)[O-])cc1. The zero-order chi connectivity index (χ0) is 17.9.